The van der Waals surface area contributed by atoms with Crippen LogP contribution in [0.2, 0.25) is 0 Å². The second-order valence-electron chi connectivity index (χ2n) is 5.23. The summed E-state index contributed by atoms with van der Waals surface area (Å²) in [6.07, 6.45) is -3.25. The first-order valence-electron chi connectivity index (χ1n) is 7.25. The fourth-order valence-electron chi connectivity index (χ4n) is 2.41. The molecule has 0 fully saturated rings. The molecule has 0 aliphatic carbocycles. The van der Waals surface area contributed by atoms with E-state index in [1.807, 2.05) is 0 Å². The number of carbonyl (C=O) groups is 2. The summed E-state index contributed by atoms with van der Waals surface area (Å²) >= 11 is 0. The Balaban J connectivity index is 1.81. The fourth-order valence-corrected chi connectivity index (χ4v) is 2.41. The number of H-pyrrole nitrogens is 1. The second-order valence-corrected chi connectivity index (χ2v) is 5.23. The lowest BCUT2D eigenvalue weighted by atomic mass is 10.2. The molecule has 0 unspecified atom stereocenters. The Morgan fingerprint density at radius 3 is 2.69 bits per heavy atom. The predicted molar refractivity (Wildman–Crippen MR) is 83.3 cm³/mol. The van der Waals surface area contributed by atoms with Gasteiger partial charge in [0.15, 0.2) is 0 Å². The van der Waals surface area contributed by atoms with Gasteiger partial charge in [0.2, 0.25) is 17.7 Å². The average molecular weight is 367 g/mol. The number of alkyl halides is 3. The van der Waals surface area contributed by atoms with Crippen LogP contribution in [0.3, 0.4) is 0 Å². The highest BCUT2D eigenvalue weighted by Gasteiger charge is 2.35. The fraction of sp³-hybridized carbons (Fsp3) is 0.200. The molecule has 2 heterocycles. The lowest BCUT2D eigenvalue weighted by Gasteiger charge is -2.04. The number of hydrogen-bond acceptors (Lipinski definition) is 5. The molecule has 0 saturated heterocycles. The number of halogens is 3. The number of aromatic nitrogens is 4. The number of fused-ring (bicyclic) bond motifs is 1. The molecular formula is C15H12F3N5O3. The van der Waals surface area contributed by atoms with Crippen LogP contribution in [-0.2, 0) is 22.3 Å². The third-order valence-electron chi connectivity index (χ3n) is 3.51. The number of nitrogens with one attached hydrogen (secondary N) is 2. The van der Waals surface area contributed by atoms with Gasteiger partial charge < -0.3 is 9.30 Å². The van der Waals surface area contributed by atoms with Gasteiger partial charge in [0.05, 0.1) is 12.7 Å². The van der Waals surface area contributed by atoms with Gasteiger partial charge in [-0.2, -0.15) is 18.2 Å². The maximum atomic E-state index is 12.5. The molecule has 136 valence electrons. The summed E-state index contributed by atoms with van der Waals surface area (Å²) in [5, 5.41) is 7.76. The van der Waals surface area contributed by atoms with E-state index < -0.39 is 29.8 Å². The first-order chi connectivity index (χ1) is 12.3. The summed E-state index contributed by atoms with van der Waals surface area (Å²) in [5.41, 5.74) is 0.863. The molecule has 8 nitrogen and oxygen atoms in total. The normalized spacial score (nSPS) is 11.5. The number of para-hydroxylation sites is 1. The standard InChI is InChI=1S/C15H12F3N5O3/c1-26-12(25)9-6-23(10-5-3-2-4-8(9)10)7-11(24)19-14-20-13(21-22-14)15(16,17)18/h2-6H,7H2,1H3,(H2,19,20,21,22,24). The Bertz CT molecular complexity index is 976. The average Bonchev–Trinajstić information content (AvgIpc) is 3.19. The van der Waals surface area contributed by atoms with Crippen LogP contribution in [0.4, 0.5) is 19.1 Å². The van der Waals surface area contributed by atoms with Crippen molar-refractivity contribution in [3.63, 3.8) is 0 Å². The van der Waals surface area contributed by atoms with Gasteiger partial charge in [0.25, 0.3) is 0 Å². The van der Waals surface area contributed by atoms with Gasteiger partial charge in [0.1, 0.15) is 6.54 Å². The van der Waals surface area contributed by atoms with Crippen molar-refractivity contribution in [3.8, 4) is 0 Å². The maximum Gasteiger partial charge on any atom is 0.451 e. The summed E-state index contributed by atoms with van der Waals surface area (Å²) in [6.45, 7) is -0.257. The largest absolute Gasteiger partial charge is 0.465 e. The zero-order valence-electron chi connectivity index (χ0n) is 13.3. The van der Waals surface area contributed by atoms with Crippen molar-refractivity contribution in [1.82, 2.24) is 19.7 Å². The zero-order valence-corrected chi connectivity index (χ0v) is 13.3. The number of ether oxygens (including phenoxy) is 1. The molecule has 0 aliphatic rings. The van der Waals surface area contributed by atoms with Crippen molar-refractivity contribution in [1.29, 1.82) is 0 Å². The third-order valence-corrected chi connectivity index (χ3v) is 3.51. The van der Waals surface area contributed by atoms with Crippen LogP contribution in [0, 0.1) is 0 Å². The summed E-state index contributed by atoms with van der Waals surface area (Å²) in [4.78, 5) is 27.1. The van der Waals surface area contributed by atoms with Crippen molar-refractivity contribution in [2.75, 3.05) is 12.4 Å². The van der Waals surface area contributed by atoms with E-state index in [4.69, 9.17) is 4.74 Å². The minimum atomic E-state index is -4.69. The number of anilines is 1. The van der Waals surface area contributed by atoms with Gasteiger partial charge in [-0.05, 0) is 6.07 Å². The van der Waals surface area contributed by atoms with E-state index in [1.54, 1.807) is 29.4 Å². The lowest BCUT2D eigenvalue weighted by molar-refractivity contribution is -0.144. The molecule has 0 atom stereocenters. The van der Waals surface area contributed by atoms with Crippen molar-refractivity contribution in [2.45, 2.75) is 12.7 Å². The monoisotopic (exact) mass is 367 g/mol. The molecule has 0 saturated carbocycles. The Labute approximate surface area is 144 Å². The molecule has 11 heteroatoms. The Hall–Kier alpha value is -3.37. The van der Waals surface area contributed by atoms with E-state index in [9.17, 15) is 22.8 Å². The number of esters is 1. The number of methoxy groups -OCH3 is 1. The number of rotatable bonds is 4. The SMILES string of the molecule is COC(=O)c1cn(CC(=O)Nc2n[nH]c(C(F)(F)F)n2)c2ccccc12. The number of aromatic amines is 1. The highest BCUT2D eigenvalue weighted by Crippen LogP contribution is 2.26. The zero-order chi connectivity index (χ0) is 18.9. The Kier molecular flexibility index (Phi) is 4.36. The lowest BCUT2D eigenvalue weighted by Crippen LogP contribution is -2.19. The van der Waals surface area contributed by atoms with E-state index in [0.29, 0.717) is 10.9 Å². The van der Waals surface area contributed by atoms with Crippen molar-refractivity contribution in [2.24, 2.45) is 0 Å². The minimum absolute atomic E-state index is 0.257. The summed E-state index contributed by atoms with van der Waals surface area (Å²) < 4.78 is 43.6. The summed E-state index contributed by atoms with van der Waals surface area (Å²) in [5.74, 6) is -3.03. The third kappa shape index (κ3) is 3.36. The van der Waals surface area contributed by atoms with Gasteiger partial charge in [-0.15, -0.1) is 5.10 Å². The molecule has 0 radical (unpaired) electrons. The van der Waals surface area contributed by atoms with E-state index >= 15 is 0 Å². The number of hydrogen-bond donors (Lipinski definition) is 2. The highest BCUT2D eigenvalue weighted by atomic mass is 19.4. The van der Waals surface area contributed by atoms with Crippen LogP contribution in [0.15, 0.2) is 30.5 Å². The topological polar surface area (TPSA) is 102 Å². The van der Waals surface area contributed by atoms with Crippen molar-refractivity contribution in [3.05, 3.63) is 41.9 Å². The summed E-state index contributed by atoms with van der Waals surface area (Å²) in [7, 11) is 1.24. The smallest absolute Gasteiger partial charge is 0.451 e. The van der Waals surface area contributed by atoms with Crippen molar-refractivity contribution >= 4 is 28.7 Å². The molecule has 3 rings (SSSR count). The quantitative estimate of drug-likeness (QED) is 0.689. The number of nitrogens with zero attached hydrogens (tertiary/aromatic N) is 3. The molecule has 2 aromatic heterocycles. The van der Waals surface area contributed by atoms with E-state index in [0.717, 1.165) is 0 Å². The van der Waals surface area contributed by atoms with E-state index in [-0.39, 0.29) is 12.1 Å². The number of carbonyl (C=O) groups excluding carboxylic acids is 2. The van der Waals surface area contributed by atoms with Gasteiger partial charge >= 0.3 is 12.1 Å². The van der Waals surface area contributed by atoms with Crippen LogP contribution in [-0.4, -0.2) is 38.7 Å². The van der Waals surface area contributed by atoms with Crippen LogP contribution in [0.5, 0.6) is 0 Å². The van der Waals surface area contributed by atoms with E-state index in [1.165, 1.54) is 17.9 Å². The molecule has 1 amide bonds. The van der Waals surface area contributed by atoms with Gasteiger partial charge in [-0.25, -0.2) is 4.79 Å². The van der Waals surface area contributed by atoms with E-state index in [2.05, 4.69) is 15.4 Å². The molecular weight excluding hydrogens is 355 g/mol. The Morgan fingerprint density at radius 2 is 2.04 bits per heavy atom. The molecule has 0 bridgehead atoms. The highest BCUT2D eigenvalue weighted by molar-refractivity contribution is 6.04. The van der Waals surface area contributed by atoms with Crippen LogP contribution in [0.1, 0.15) is 16.2 Å². The molecule has 0 spiro atoms. The predicted octanol–water partition coefficient (Wildman–Crippen LogP) is 2.20. The minimum Gasteiger partial charge on any atom is -0.465 e. The summed E-state index contributed by atoms with van der Waals surface area (Å²) in [6, 6.07) is 6.85. The van der Waals surface area contributed by atoms with Gasteiger partial charge in [-0.1, -0.05) is 18.2 Å². The number of amides is 1. The second kappa shape index (κ2) is 6.50. The van der Waals surface area contributed by atoms with Crippen LogP contribution in [0.25, 0.3) is 10.9 Å². The van der Waals surface area contributed by atoms with Gasteiger partial charge in [0, 0.05) is 17.1 Å². The van der Waals surface area contributed by atoms with Gasteiger partial charge in [-0.3, -0.25) is 15.2 Å². The maximum absolute atomic E-state index is 12.5. The molecule has 2 N–H and O–H groups in total. The van der Waals surface area contributed by atoms with Crippen molar-refractivity contribution < 1.29 is 27.5 Å². The molecule has 0 aliphatic heterocycles. The molecule has 26 heavy (non-hydrogen) atoms. The first-order valence-corrected chi connectivity index (χ1v) is 7.25. The molecule has 3 aromatic rings. The van der Waals surface area contributed by atoms with Crippen LogP contribution >= 0.6 is 0 Å². The molecule has 1 aromatic carbocycles. The number of benzene rings is 1. The first kappa shape index (κ1) is 17.5. The van der Waals surface area contributed by atoms with Crippen LogP contribution < -0.4 is 5.32 Å². The Morgan fingerprint density at radius 1 is 1.31 bits per heavy atom.